The van der Waals surface area contributed by atoms with Crippen LogP contribution in [0.25, 0.3) is 0 Å². The first-order valence-corrected chi connectivity index (χ1v) is 8.73. The van der Waals surface area contributed by atoms with E-state index in [4.69, 9.17) is 4.74 Å². The van der Waals surface area contributed by atoms with Crippen molar-refractivity contribution in [2.45, 2.75) is 26.4 Å². The number of ether oxygens (including phenoxy) is 1. The van der Waals surface area contributed by atoms with Crippen molar-refractivity contribution >= 4 is 52.2 Å². The minimum Gasteiger partial charge on any atom is -0.459 e. The second-order valence-corrected chi connectivity index (χ2v) is 7.34. The zero-order valence-electron chi connectivity index (χ0n) is 14.7. The minimum atomic E-state index is -0.464. The van der Waals surface area contributed by atoms with Crippen molar-refractivity contribution in [2.75, 3.05) is 44.7 Å². The van der Waals surface area contributed by atoms with Crippen LogP contribution in [0.3, 0.4) is 0 Å². The molecule has 1 fully saturated rings. The Morgan fingerprint density at radius 3 is 2.50 bits per heavy atom. The van der Waals surface area contributed by atoms with Crippen molar-refractivity contribution in [3.8, 4) is 0 Å². The fourth-order valence-electron chi connectivity index (χ4n) is 2.45. The van der Waals surface area contributed by atoms with Crippen LogP contribution in [0.15, 0.2) is 22.5 Å². The molecule has 0 atom stereocenters. The highest BCUT2D eigenvalue weighted by atomic mass is 127. The number of rotatable bonds is 3. The second kappa shape index (κ2) is 9.45. The van der Waals surface area contributed by atoms with Crippen LogP contribution in [0.5, 0.6) is 0 Å². The molecule has 1 aromatic rings. The molecule has 1 saturated heterocycles. The predicted octanol–water partition coefficient (Wildman–Crippen LogP) is 2.41. The third-order valence-corrected chi connectivity index (χ3v) is 4.35. The van der Waals surface area contributed by atoms with E-state index in [1.807, 2.05) is 20.8 Å². The van der Waals surface area contributed by atoms with Gasteiger partial charge in [-0.15, -0.1) is 35.3 Å². The van der Waals surface area contributed by atoms with Crippen molar-refractivity contribution in [1.82, 2.24) is 10.2 Å². The number of nitrogens with one attached hydrogen (secondary N) is 1. The normalized spacial score (nSPS) is 15.8. The van der Waals surface area contributed by atoms with Crippen molar-refractivity contribution in [3.63, 3.8) is 0 Å². The molecule has 2 heterocycles. The van der Waals surface area contributed by atoms with E-state index in [1.54, 1.807) is 18.4 Å². The molecular formula is C16H27IN4O2S. The van der Waals surface area contributed by atoms with Gasteiger partial charge in [-0.3, -0.25) is 9.79 Å². The molecule has 8 heteroatoms. The summed E-state index contributed by atoms with van der Waals surface area (Å²) in [5.41, 5.74) is -0.464. The number of anilines is 1. The minimum absolute atomic E-state index is 0. The Morgan fingerprint density at radius 1 is 1.33 bits per heavy atom. The van der Waals surface area contributed by atoms with Gasteiger partial charge in [0.05, 0.1) is 5.00 Å². The lowest BCUT2D eigenvalue weighted by Crippen LogP contribution is -2.53. The summed E-state index contributed by atoms with van der Waals surface area (Å²) in [6.07, 6.45) is 0. The molecule has 0 bridgehead atoms. The van der Waals surface area contributed by atoms with Gasteiger partial charge < -0.3 is 19.9 Å². The third kappa shape index (κ3) is 6.46. The third-order valence-electron chi connectivity index (χ3n) is 3.42. The van der Waals surface area contributed by atoms with Gasteiger partial charge in [-0.25, -0.2) is 0 Å². The Hall–Kier alpha value is -1.03. The van der Waals surface area contributed by atoms with Crippen LogP contribution in [0.1, 0.15) is 20.8 Å². The molecular weight excluding hydrogens is 439 g/mol. The number of esters is 1. The summed E-state index contributed by atoms with van der Waals surface area (Å²) in [6, 6.07) is 4.23. The number of carbonyl (C=O) groups excluding carboxylic acids is 1. The highest BCUT2D eigenvalue weighted by Crippen LogP contribution is 2.22. The van der Waals surface area contributed by atoms with Gasteiger partial charge in [-0.1, -0.05) is 0 Å². The van der Waals surface area contributed by atoms with Gasteiger partial charge in [-0.2, -0.15) is 0 Å². The predicted molar refractivity (Wildman–Crippen MR) is 111 cm³/mol. The number of aliphatic imine (C=N–C) groups is 1. The van der Waals surface area contributed by atoms with Gasteiger partial charge in [0, 0.05) is 33.2 Å². The van der Waals surface area contributed by atoms with Crippen LogP contribution in [0, 0.1) is 0 Å². The molecule has 24 heavy (non-hydrogen) atoms. The molecule has 136 valence electrons. The maximum Gasteiger partial charge on any atom is 0.325 e. The molecule has 0 amide bonds. The first kappa shape index (κ1) is 21.0. The van der Waals surface area contributed by atoms with Crippen LogP contribution in [0.2, 0.25) is 0 Å². The SMILES string of the molecule is CN=C(NCC(=O)OC(C)(C)C)N1CCN(c2cccs2)CC1.I. The molecule has 1 N–H and O–H groups in total. The molecule has 0 aliphatic carbocycles. The van der Waals surface area contributed by atoms with E-state index in [-0.39, 0.29) is 36.5 Å². The Bertz CT molecular complexity index is 535. The van der Waals surface area contributed by atoms with Gasteiger partial charge in [-0.05, 0) is 38.3 Å². The largest absolute Gasteiger partial charge is 0.459 e. The maximum atomic E-state index is 11.8. The standard InChI is InChI=1S/C16H26N4O2S.HI/c1-16(2,3)22-14(21)12-18-15(17-4)20-9-7-19(8-10-20)13-6-5-11-23-13;/h5-6,11H,7-10,12H2,1-4H3,(H,17,18);1H. The van der Waals surface area contributed by atoms with Crippen LogP contribution < -0.4 is 10.2 Å². The molecule has 0 spiro atoms. The lowest BCUT2D eigenvalue weighted by atomic mass is 10.2. The number of guanidine groups is 1. The first-order chi connectivity index (χ1) is 10.9. The lowest BCUT2D eigenvalue weighted by molar-refractivity contribution is -0.153. The number of nitrogens with zero attached hydrogens (tertiary/aromatic N) is 3. The molecule has 0 unspecified atom stereocenters. The maximum absolute atomic E-state index is 11.8. The van der Waals surface area contributed by atoms with Gasteiger partial charge in [0.25, 0.3) is 0 Å². The van der Waals surface area contributed by atoms with Gasteiger partial charge in [0.1, 0.15) is 12.1 Å². The van der Waals surface area contributed by atoms with Gasteiger partial charge in [0.15, 0.2) is 5.96 Å². The average molecular weight is 466 g/mol. The summed E-state index contributed by atoms with van der Waals surface area (Å²) in [5, 5.41) is 6.50. The summed E-state index contributed by atoms with van der Waals surface area (Å²) >= 11 is 1.76. The fraction of sp³-hybridized carbons (Fsp3) is 0.625. The number of thiophene rings is 1. The van der Waals surface area contributed by atoms with E-state index >= 15 is 0 Å². The van der Waals surface area contributed by atoms with E-state index in [0.29, 0.717) is 0 Å². The van der Waals surface area contributed by atoms with E-state index in [9.17, 15) is 4.79 Å². The highest BCUT2D eigenvalue weighted by Gasteiger charge is 2.21. The van der Waals surface area contributed by atoms with Gasteiger partial charge >= 0.3 is 5.97 Å². The van der Waals surface area contributed by atoms with E-state index in [2.05, 4.69) is 37.6 Å². The number of carbonyl (C=O) groups is 1. The highest BCUT2D eigenvalue weighted by molar-refractivity contribution is 14.0. The summed E-state index contributed by atoms with van der Waals surface area (Å²) in [5.74, 6) is 0.484. The summed E-state index contributed by atoms with van der Waals surface area (Å²) in [4.78, 5) is 20.6. The van der Waals surface area contributed by atoms with Gasteiger partial charge in [0.2, 0.25) is 0 Å². The molecule has 0 aromatic carbocycles. The number of hydrogen-bond acceptors (Lipinski definition) is 5. The number of hydrogen-bond donors (Lipinski definition) is 1. The molecule has 0 radical (unpaired) electrons. The zero-order valence-corrected chi connectivity index (χ0v) is 17.9. The smallest absolute Gasteiger partial charge is 0.325 e. The Labute approximate surface area is 165 Å². The molecule has 1 aliphatic heterocycles. The molecule has 1 aliphatic rings. The quantitative estimate of drug-likeness (QED) is 0.321. The second-order valence-electron chi connectivity index (χ2n) is 6.41. The number of halogens is 1. The average Bonchev–Trinajstić information content (AvgIpc) is 3.01. The first-order valence-electron chi connectivity index (χ1n) is 7.85. The zero-order chi connectivity index (χ0) is 16.9. The van der Waals surface area contributed by atoms with Crippen molar-refractivity contribution in [2.24, 2.45) is 4.99 Å². The van der Waals surface area contributed by atoms with Crippen molar-refractivity contribution in [3.05, 3.63) is 17.5 Å². The van der Waals surface area contributed by atoms with E-state index in [0.717, 1.165) is 32.1 Å². The van der Waals surface area contributed by atoms with Crippen molar-refractivity contribution in [1.29, 1.82) is 0 Å². The van der Waals surface area contributed by atoms with Crippen LogP contribution in [0.4, 0.5) is 5.00 Å². The molecule has 0 saturated carbocycles. The van der Waals surface area contributed by atoms with Crippen LogP contribution in [-0.4, -0.2) is 62.2 Å². The topological polar surface area (TPSA) is 57.2 Å². The Morgan fingerprint density at radius 2 is 2.00 bits per heavy atom. The summed E-state index contributed by atoms with van der Waals surface area (Å²) < 4.78 is 5.30. The number of piperazine rings is 1. The summed E-state index contributed by atoms with van der Waals surface area (Å²) in [7, 11) is 1.74. The van der Waals surface area contributed by atoms with Crippen LogP contribution >= 0.6 is 35.3 Å². The molecule has 2 rings (SSSR count). The lowest BCUT2D eigenvalue weighted by Gasteiger charge is -2.37. The Kier molecular flexibility index (Phi) is 8.28. The Balaban J connectivity index is 0.00000288. The fourth-order valence-corrected chi connectivity index (χ4v) is 3.23. The monoisotopic (exact) mass is 466 g/mol. The summed E-state index contributed by atoms with van der Waals surface area (Å²) in [6.45, 7) is 9.39. The van der Waals surface area contributed by atoms with E-state index in [1.165, 1.54) is 5.00 Å². The van der Waals surface area contributed by atoms with Crippen LogP contribution in [-0.2, 0) is 9.53 Å². The van der Waals surface area contributed by atoms with E-state index < -0.39 is 5.60 Å². The molecule has 6 nitrogen and oxygen atoms in total. The molecule has 1 aromatic heterocycles. The van der Waals surface area contributed by atoms with Crippen molar-refractivity contribution < 1.29 is 9.53 Å².